The Balaban J connectivity index is -0.0000000184. The number of hydrogen-bond donors (Lipinski definition) is 0. The maximum Gasteiger partial charge on any atom is 2.00 e. The minimum absolute atomic E-state index is 0. The number of carbonyl (C=O) groups excluding carboxylic acids is 3. The number of carbonyl (C=O) groups is 3. The van der Waals surface area contributed by atoms with E-state index in [0.717, 1.165) is 0 Å². The normalized spacial score (nSPS) is 4.80. The van der Waals surface area contributed by atoms with Gasteiger partial charge < -0.3 is 45.0 Å². The van der Waals surface area contributed by atoms with Gasteiger partial charge in [-0.2, -0.15) is 0 Å². The SMILES string of the molecule is O=C([O-])[O-].O=C([O-])[O-].O=C([O-])[O-].[Mg+2].[Mn+2].[Zn+2]. The quantitative estimate of drug-likeness (QED) is 0.389. The first-order valence-corrected chi connectivity index (χ1v) is 1.84. The van der Waals surface area contributed by atoms with E-state index in [0.29, 0.717) is 0 Å². The zero-order chi connectivity index (χ0) is 10.7. The van der Waals surface area contributed by atoms with Gasteiger partial charge in [0.2, 0.25) is 0 Å². The number of rotatable bonds is 0. The van der Waals surface area contributed by atoms with Crippen LogP contribution in [0.25, 0.3) is 0 Å². The molecule has 0 bridgehead atoms. The zero-order valence-electron chi connectivity index (χ0n) is 6.97. The first-order chi connectivity index (χ1) is 5.20. The van der Waals surface area contributed by atoms with Crippen LogP contribution in [0.2, 0.25) is 0 Å². The van der Waals surface area contributed by atoms with Crippen molar-refractivity contribution in [3.05, 3.63) is 0 Å². The molecule has 0 fully saturated rings. The van der Waals surface area contributed by atoms with E-state index in [4.69, 9.17) is 45.0 Å². The summed E-state index contributed by atoms with van der Waals surface area (Å²) < 4.78 is 0. The van der Waals surface area contributed by atoms with E-state index in [1.54, 1.807) is 0 Å². The zero-order valence-corrected chi connectivity index (χ0v) is 12.5. The molecule has 0 aromatic carbocycles. The second kappa shape index (κ2) is 29.2. The molecule has 0 saturated carbocycles. The fourth-order valence-corrected chi connectivity index (χ4v) is 0. The van der Waals surface area contributed by atoms with Crippen molar-refractivity contribution in [3.8, 4) is 0 Å². The van der Waals surface area contributed by atoms with Crippen molar-refractivity contribution in [2.45, 2.75) is 0 Å². The molecule has 0 unspecified atom stereocenters. The molecule has 9 nitrogen and oxygen atoms in total. The Morgan fingerprint density at radius 3 is 0.600 bits per heavy atom. The van der Waals surface area contributed by atoms with Crippen LogP contribution in [0.5, 0.6) is 0 Å². The van der Waals surface area contributed by atoms with Gasteiger partial charge in [0.25, 0.3) is 0 Å². The summed E-state index contributed by atoms with van der Waals surface area (Å²) in [5, 5.41) is 50.0. The average Bonchev–Trinajstić information content (AvgIpc) is 1.54. The van der Waals surface area contributed by atoms with Crippen molar-refractivity contribution in [2.24, 2.45) is 0 Å². The third-order valence-electron chi connectivity index (χ3n) is 0. The summed E-state index contributed by atoms with van der Waals surface area (Å²) in [5.74, 6) is 0. The summed E-state index contributed by atoms with van der Waals surface area (Å²) in [7, 11) is 0. The molecule has 0 atom stereocenters. The molecule has 0 rings (SSSR count). The molecule has 0 aromatic rings. The van der Waals surface area contributed by atoms with Crippen molar-refractivity contribution in [1.82, 2.24) is 0 Å². The smallest absolute Gasteiger partial charge is 0.652 e. The fourth-order valence-electron chi connectivity index (χ4n) is 0. The molecule has 0 aliphatic rings. The second-order valence-corrected chi connectivity index (χ2v) is 0.750. The van der Waals surface area contributed by atoms with Crippen LogP contribution in [0.15, 0.2) is 0 Å². The molecular weight excluding hydrogens is 325 g/mol. The Morgan fingerprint density at radius 2 is 0.600 bits per heavy atom. The number of carboxylic acid groups (broad SMARTS) is 6. The van der Waals surface area contributed by atoms with E-state index < -0.39 is 18.5 Å². The molecule has 0 aliphatic carbocycles. The van der Waals surface area contributed by atoms with Crippen LogP contribution in [0.1, 0.15) is 0 Å². The third-order valence-corrected chi connectivity index (χ3v) is 0. The molecule has 77 valence electrons. The van der Waals surface area contributed by atoms with Crippen LogP contribution in [0, 0.1) is 0 Å². The monoisotopic (exact) mass is 323 g/mol. The molecule has 0 aromatic heterocycles. The van der Waals surface area contributed by atoms with E-state index >= 15 is 0 Å². The van der Waals surface area contributed by atoms with Crippen LogP contribution in [0.3, 0.4) is 0 Å². The molecule has 0 saturated heterocycles. The summed E-state index contributed by atoms with van der Waals surface area (Å²) in [4.78, 5) is 25.0. The van der Waals surface area contributed by atoms with Gasteiger partial charge in [0.1, 0.15) is 0 Å². The average molecular weight is 325 g/mol. The van der Waals surface area contributed by atoms with E-state index in [9.17, 15) is 0 Å². The molecule has 0 N–H and O–H groups in total. The minimum atomic E-state index is -2.33. The Morgan fingerprint density at radius 1 is 0.600 bits per heavy atom. The van der Waals surface area contributed by atoms with Gasteiger partial charge >= 0.3 is 59.6 Å². The molecule has 0 amide bonds. The molecular formula is C3MgMnO9Zn. The van der Waals surface area contributed by atoms with E-state index in [-0.39, 0.29) is 59.6 Å². The maximum absolute atomic E-state index is 8.33. The van der Waals surface area contributed by atoms with E-state index in [1.807, 2.05) is 0 Å². The van der Waals surface area contributed by atoms with Gasteiger partial charge in [-0.05, 0) is 18.5 Å². The van der Waals surface area contributed by atoms with Gasteiger partial charge in [0, 0.05) is 0 Å². The van der Waals surface area contributed by atoms with E-state index in [2.05, 4.69) is 0 Å². The molecule has 1 radical (unpaired) electrons. The van der Waals surface area contributed by atoms with Crippen molar-refractivity contribution in [2.75, 3.05) is 0 Å². The predicted octanol–water partition coefficient (Wildman–Crippen LogP) is -7.73. The minimum Gasteiger partial charge on any atom is -0.652 e. The van der Waals surface area contributed by atoms with Crippen LogP contribution in [0.4, 0.5) is 14.4 Å². The summed E-state index contributed by atoms with van der Waals surface area (Å²) in [5.41, 5.74) is 0. The molecule has 12 heteroatoms. The van der Waals surface area contributed by atoms with Crippen molar-refractivity contribution >= 4 is 41.5 Å². The van der Waals surface area contributed by atoms with Crippen molar-refractivity contribution < 1.29 is 81.6 Å². The summed E-state index contributed by atoms with van der Waals surface area (Å²) in [6, 6.07) is 0. The fraction of sp³-hybridized carbons (Fsp3) is 0. The van der Waals surface area contributed by atoms with Gasteiger partial charge in [-0.3, -0.25) is 0 Å². The Labute approximate surface area is 122 Å². The van der Waals surface area contributed by atoms with Gasteiger partial charge in [0.15, 0.2) is 0 Å². The van der Waals surface area contributed by atoms with E-state index in [1.165, 1.54) is 0 Å². The summed E-state index contributed by atoms with van der Waals surface area (Å²) in [6.45, 7) is 0. The van der Waals surface area contributed by atoms with Crippen LogP contribution in [-0.4, -0.2) is 41.5 Å². The van der Waals surface area contributed by atoms with Crippen molar-refractivity contribution in [1.29, 1.82) is 0 Å². The second-order valence-electron chi connectivity index (χ2n) is 0.750. The Hall–Kier alpha value is -0.281. The van der Waals surface area contributed by atoms with Crippen LogP contribution < -0.4 is 30.6 Å². The van der Waals surface area contributed by atoms with Gasteiger partial charge in [-0.15, -0.1) is 0 Å². The molecule has 15 heavy (non-hydrogen) atoms. The number of hydrogen-bond acceptors (Lipinski definition) is 9. The Bertz CT molecular complexity index is 123. The standard InChI is InChI=1S/3CH2O3.Mg.Mn.Zn/c3*2-1(3)4;;;/h3*(H2,2,3,4);;;/q;;;3*+2/p-6. The van der Waals surface area contributed by atoms with Crippen LogP contribution in [-0.2, 0) is 36.5 Å². The predicted molar refractivity (Wildman–Crippen MR) is 21.9 cm³/mol. The third kappa shape index (κ3) is 23900. The molecule has 0 spiro atoms. The summed E-state index contributed by atoms with van der Waals surface area (Å²) in [6.07, 6.45) is -7.00. The van der Waals surface area contributed by atoms with Crippen LogP contribution >= 0.6 is 0 Å². The Kier molecular flexibility index (Phi) is 70.9. The first-order valence-electron chi connectivity index (χ1n) is 1.84. The molecule has 0 aliphatic heterocycles. The first kappa shape index (κ1) is 36.4. The van der Waals surface area contributed by atoms with Gasteiger partial charge in [-0.1, -0.05) is 0 Å². The molecule has 0 heterocycles. The van der Waals surface area contributed by atoms with Gasteiger partial charge in [-0.25, -0.2) is 0 Å². The van der Waals surface area contributed by atoms with Crippen molar-refractivity contribution in [3.63, 3.8) is 0 Å². The topological polar surface area (TPSA) is 190 Å². The largest absolute Gasteiger partial charge is 2.00 e. The maximum atomic E-state index is 8.33. The summed E-state index contributed by atoms with van der Waals surface area (Å²) >= 11 is 0. The van der Waals surface area contributed by atoms with Gasteiger partial charge in [0.05, 0.1) is 0 Å².